The summed E-state index contributed by atoms with van der Waals surface area (Å²) >= 11 is 0. The van der Waals surface area contributed by atoms with E-state index >= 15 is 0 Å². The fraction of sp³-hybridized carbons (Fsp3) is 0.400. The summed E-state index contributed by atoms with van der Waals surface area (Å²) in [5.41, 5.74) is 2.74. The van der Waals surface area contributed by atoms with Crippen LogP contribution in [-0.4, -0.2) is 55.0 Å². The van der Waals surface area contributed by atoms with E-state index in [-0.39, 0.29) is 23.9 Å². The van der Waals surface area contributed by atoms with Gasteiger partial charge in [0.25, 0.3) is 0 Å². The molecule has 0 radical (unpaired) electrons. The van der Waals surface area contributed by atoms with E-state index in [0.717, 1.165) is 11.1 Å². The number of anilines is 1. The van der Waals surface area contributed by atoms with Crippen LogP contribution in [0.4, 0.5) is 10.5 Å². The lowest BCUT2D eigenvalue weighted by molar-refractivity contribution is -0.128. The van der Waals surface area contributed by atoms with Crippen molar-refractivity contribution in [3.8, 4) is 5.75 Å². The van der Waals surface area contributed by atoms with Crippen molar-refractivity contribution < 1.29 is 19.1 Å². The maximum absolute atomic E-state index is 12.9. The highest BCUT2D eigenvalue weighted by molar-refractivity contribution is 5.91. The number of hydrogen-bond donors (Lipinski definition) is 3. The molecule has 3 rings (SSSR count). The molecule has 33 heavy (non-hydrogen) atoms. The molecule has 1 atom stereocenters. The molecule has 4 amide bonds. The Morgan fingerprint density at radius 1 is 1.06 bits per heavy atom. The molecule has 1 saturated heterocycles. The predicted molar refractivity (Wildman–Crippen MR) is 127 cm³/mol. The number of likely N-dealkylation sites (tertiary alicyclic amines) is 1. The summed E-state index contributed by atoms with van der Waals surface area (Å²) in [5, 5.41) is 8.70. The Kier molecular flexibility index (Phi) is 8.29. The van der Waals surface area contributed by atoms with Gasteiger partial charge in [-0.1, -0.05) is 42.0 Å². The van der Waals surface area contributed by atoms with Crippen molar-refractivity contribution in [2.24, 2.45) is 0 Å². The number of piperidine rings is 1. The van der Waals surface area contributed by atoms with Crippen molar-refractivity contribution in [3.05, 3.63) is 59.7 Å². The molecule has 0 unspecified atom stereocenters. The quantitative estimate of drug-likeness (QED) is 0.601. The fourth-order valence-electron chi connectivity index (χ4n) is 3.89. The highest BCUT2D eigenvalue weighted by atomic mass is 16.5. The third-order valence-corrected chi connectivity index (χ3v) is 5.73. The van der Waals surface area contributed by atoms with Gasteiger partial charge in [0.05, 0.1) is 12.8 Å². The van der Waals surface area contributed by atoms with Crippen molar-refractivity contribution in [2.45, 2.75) is 45.2 Å². The van der Waals surface area contributed by atoms with Gasteiger partial charge in [0, 0.05) is 32.5 Å². The number of rotatable bonds is 7. The van der Waals surface area contributed by atoms with Crippen LogP contribution in [0.5, 0.6) is 5.75 Å². The first kappa shape index (κ1) is 24.1. The second-order valence-electron chi connectivity index (χ2n) is 8.34. The van der Waals surface area contributed by atoms with Crippen LogP contribution < -0.4 is 20.7 Å². The third-order valence-electron chi connectivity index (χ3n) is 5.73. The Balaban J connectivity index is 1.52. The van der Waals surface area contributed by atoms with E-state index in [1.807, 2.05) is 43.3 Å². The average molecular weight is 453 g/mol. The minimum absolute atomic E-state index is 0.0536. The summed E-state index contributed by atoms with van der Waals surface area (Å²) < 4.78 is 5.28. The van der Waals surface area contributed by atoms with Crippen molar-refractivity contribution in [1.29, 1.82) is 0 Å². The summed E-state index contributed by atoms with van der Waals surface area (Å²) in [7, 11) is 1.56. The molecular weight excluding hydrogens is 420 g/mol. The number of urea groups is 1. The van der Waals surface area contributed by atoms with Gasteiger partial charge in [-0.3, -0.25) is 9.59 Å². The lowest BCUT2D eigenvalue weighted by Gasteiger charge is -2.33. The first-order chi connectivity index (χ1) is 15.9. The maximum Gasteiger partial charge on any atom is 0.321 e. The summed E-state index contributed by atoms with van der Waals surface area (Å²) in [4.78, 5) is 38.9. The lowest BCUT2D eigenvalue weighted by atomic mass is 10.0. The summed E-state index contributed by atoms with van der Waals surface area (Å²) in [6.07, 6.45) is 1.71. The van der Waals surface area contributed by atoms with E-state index in [9.17, 15) is 14.4 Å². The predicted octanol–water partition coefficient (Wildman–Crippen LogP) is 2.86. The zero-order valence-electron chi connectivity index (χ0n) is 19.4. The van der Waals surface area contributed by atoms with Crippen LogP contribution in [0.25, 0.3) is 0 Å². The number of amides is 4. The Morgan fingerprint density at radius 3 is 2.36 bits per heavy atom. The highest BCUT2D eigenvalue weighted by Gasteiger charge is 2.27. The van der Waals surface area contributed by atoms with Gasteiger partial charge < -0.3 is 25.6 Å². The molecular formula is C25H32N4O4. The standard InChI is InChI=1S/C25H32N4O4/c1-17-8-10-19(11-9-17)16-22(26-18(2)30)24(31)27-20-12-14-29(15-13-20)25(32)28-21-6-4-5-7-23(21)33-3/h4-11,20,22H,12-16H2,1-3H3,(H,26,30)(H,27,31)(H,28,32)/t22-/m1/s1. The van der Waals surface area contributed by atoms with Crippen molar-refractivity contribution in [2.75, 3.05) is 25.5 Å². The molecule has 0 saturated carbocycles. The zero-order chi connectivity index (χ0) is 23.8. The number of carbonyl (C=O) groups excluding carboxylic acids is 3. The smallest absolute Gasteiger partial charge is 0.321 e. The largest absolute Gasteiger partial charge is 0.495 e. The van der Waals surface area contributed by atoms with Gasteiger partial charge in [-0.15, -0.1) is 0 Å². The minimum atomic E-state index is -0.642. The Hall–Kier alpha value is -3.55. The molecule has 0 bridgehead atoms. The molecule has 1 heterocycles. The maximum atomic E-state index is 12.9. The fourth-order valence-corrected chi connectivity index (χ4v) is 3.89. The number of ether oxygens (including phenoxy) is 1. The van der Waals surface area contributed by atoms with E-state index in [1.54, 1.807) is 24.1 Å². The molecule has 1 aliphatic heterocycles. The molecule has 8 nitrogen and oxygen atoms in total. The number of para-hydroxylation sites is 2. The highest BCUT2D eigenvalue weighted by Crippen LogP contribution is 2.24. The summed E-state index contributed by atoms with van der Waals surface area (Å²) in [6, 6.07) is 14.3. The van der Waals surface area contributed by atoms with Crippen LogP contribution >= 0.6 is 0 Å². The van der Waals surface area contributed by atoms with E-state index in [1.165, 1.54) is 6.92 Å². The third kappa shape index (κ3) is 6.97. The molecule has 8 heteroatoms. The van der Waals surface area contributed by atoms with Gasteiger partial charge >= 0.3 is 6.03 Å². The van der Waals surface area contributed by atoms with Crippen molar-refractivity contribution in [3.63, 3.8) is 0 Å². The van der Waals surface area contributed by atoms with Gasteiger partial charge in [0.15, 0.2) is 0 Å². The van der Waals surface area contributed by atoms with Gasteiger partial charge in [-0.2, -0.15) is 0 Å². The van der Waals surface area contributed by atoms with E-state index < -0.39 is 6.04 Å². The Bertz CT molecular complexity index is 969. The van der Waals surface area contributed by atoms with Crippen LogP contribution in [0.2, 0.25) is 0 Å². The van der Waals surface area contributed by atoms with Crippen molar-refractivity contribution >= 4 is 23.5 Å². The molecule has 0 aliphatic carbocycles. The Labute approximate surface area is 194 Å². The van der Waals surface area contributed by atoms with E-state index in [0.29, 0.717) is 43.8 Å². The number of nitrogens with zero attached hydrogens (tertiary/aromatic N) is 1. The van der Waals surface area contributed by atoms with Crippen molar-refractivity contribution in [1.82, 2.24) is 15.5 Å². The first-order valence-electron chi connectivity index (χ1n) is 11.2. The normalized spacial score (nSPS) is 14.8. The van der Waals surface area contributed by atoms with Crippen LogP contribution in [0.3, 0.4) is 0 Å². The van der Waals surface area contributed by atoms with Gasteiger partial charge in [-0.25, -0.2) is 4.79 Å². The average Bonchev–Trinajstić information content (AvgIpc) is 2.80. The van der Waals surface area contributed by atoms with Gasteiger partial charge in [0.1, 0.15) is 11.8 Å². The first-order valence-corrected chi connectivity index (χ1v) is 11.2. The topological polar surface area (TPSA) is 99.8 Å². The second kappa shape index (κ2) is 11.4. The summed E-state index contributed by atoms with van der Waals surface area (Å²) in [5.74, 6) is 0.151. The number of aryl methyl sites for hydroxylation is 1. The number of carbonyl (C=O) groups is 3. The van der Waals surface area contributed by atoms with Crippen LogP contribution in [0, 0.1) is 6.92 Å². The zero-order valence-corrected chi connectivity index (χ0v) is 19.4. The van der Waals surface area contributed by atoms with E-state index in [4.69, 9.17) is 4.74 Å². The van der Waals surface area contributed by atoms with Crippen LogP contribution in [0.15, 0.2) is 48.5 Å². The monoisotopic (exact) mass is 452 g/mol. The molecule has 176 valence electrons. The number of nitrogens with one attached hydrogen (secondary N) is 3. The molecule has 0 aromatic heterocycles. The molecule has 1 fully saturated rings. The second-order valence-corrected chi connectivity index (χ2v) is 8.34. The number of benzene rings is 2. The van der Waals surface area contributed by atoms with Gasteiger partial charge in [0.2, 0.25) is 11.8 Å². The molecule has 1 aliphatic rings. The minimum Gasteiger partial charge on any atom is -0.495 e. The number of methoxy groups -OCH3 is 1. The van der Waals surface area contributed by atoms with Gasteiger partial charge in [-0.05, 0) is 37.5 Å². The number of hydrogen-bond acceptors (Lipinski definition) is 4. The molecule has 2 aromatic rings. The molecule has 2 aromatic carbocycles. The van der Waals surface area contributed by atoms with E-state index in [2.05, 4.69) is 16.0 Å². The molecule has 0 spiro atoms. The van der Waals surface area contributed by atoms with Crippen LogP contribution in [-0.2, 0) is 16.0 Å². The molecule has 3 N–H and O–H groups in total. The summed E-state index contributed by atoms with van der Waals surface area (Å²) in [6.45, 7) is 4.46. The SMILES string of the molecule is COc1ccccc1NC(=O)N1CCC(NC(=O)[C@@H](Cc2ccc(C)cc2)NC(C)=O)CC1. The lowest BCUT2D eigenvalue weighted by Crippen LogP contribution is -2.53. The Morgan fingerprint density at radius 2 is 1.73 bits per heavy atom. The van der Waals surface area contributed by atoms with Crippen LogP contribution in [0.1, 0.15) is 30.9 Å².